The Morgan fingerprint density at radius 2 is 1.82 bits per heavy atom. The summed E-state index contributed by atoms with van der Waals surface area (Å²) in [4.78, 5) is 0. The highest BCUT2D eigenvalue weighted by atomic mass is 127. The largest absolute Gasteiger partial charge is 0.427 e. The van der Waals surface area contributed by atoms with Crippen molar-refractivity contribution < 1.29 is 3.07 Å². The minimum atomic E-state index is 0.975. The van der Waals surface area contributed by atoms with Gasteiger partial charge in [0.05, 0.1) is 0 Å². The maximum absolute atomic E-state index is 5.18. The van der Waals surface area contributed by atoms with Crippen LogP contribution in [0.15, 0.2) is 12.1 Å². The molecule has 0 heterocycles. The molecule has 0 saturated heterocycles. The molecular formula is C9H11IO. The number of hydrogen-bond donors (Lipinski definition) is 0. The summed E-state index contributed by atoms with van der Waals surface area (Å²) in [5, 5.41) is 0. The molecule has 0 aliphatic rings. The second-order valence-corrected chi connectivity index (χ2v) is 3.22. The molecule has 1 aromatic rings. The average molecular weight is 262 g/mol. The molecule has 0 bridgehead atoms. The number of rotatable bonds is 1. The summed E-state index contributed by atoms with van der Waals surface area (Å²) in [6.07, 6.45) is 0. The van der Waals surface area contributed by atoms with Crippen LogP contribution in [-0.2, 0) is 0 Å². The molecule has 0 fully saturated rings. The van der Waals surface area contributed by atoms with Gasteiger partial charge in [-0.25, -0.2) is 0 Å². The summed E-state index contributed by atoms with van der Waals surface area (Å²) >= 11 is 1.91. The molecule has 1 rings (SSSR count). The van der Waals surface area contributed by atoms with Gasteiger partial charge in [0.15, 0.2) is 23.0 Å². The van der Waals surface area contributed by atoms with Crippen molar-refractivity contribution in [2.24, 2.45) is 0 Å². The van der Waals surface area contributed by atoms with Crippen molar-refractivity contribution >= 4 is 23.0 Å². The van der Waals surface area contributed by atoms with E-state index in [1.807, 2.05) is 23.0 Å². The van der Waals surface area contributed by atoms with Crippen molar-refractivity contribution in [2.75, 3.05) is 0 Å². The Bertz CT molecular complexity index is 269. The van der Waals surface area contributed by atoms with Crippen molar-refractivity contribution in [3.63, 3.8) is 0 Å². The van der Waals surface area contributed by atoms with Crippen LogP contribution in [0.2, 0.25) is 0 Å². The first-order valence-corrected chi connectivity index (χ1v) is 4.39. The Kier molecular flexibility index (Phi) is 2.76. The van der Waals surface area contributed by atoms with Gasteiger partial charge in [0.25, 0.3) is 0 Å². The maximum Gasteiger partial charge on any atom is 0.192 e. The van der Waals surface area contributed by atoms with Crippen LogP contribution >= 0.6 is 23.0 Å². The molecule has 0 atom stereocenters. The van der Waals surface area contributed by atoms with Gasteiger partial charge < -0.3 is 3.07 Å². The van der Waals surface area contributed by atoms with Gasteiger partial charge in [0.1, 0.15) is 5.75 Å². The Morgan fingerprint density at radius 1 is 1.18 bits per heavy atom. The van der Waals surface area contributed by atoms with Crippen molar-refractivity contribution in [2.45, 2.75) is 20.8 Å². The van der Waals surface area contributed by atoms with Crippen LogP contribution in [-0.4, -0.2) is 0 Å². The first-order chi connectivity index (χ1) is 5.15. The highest BCUT2D eigenvalue weighted by Crippen LogP contribution is 2.24. The zero-order chi connectivity index (χ0) is 8.43. The van der Waals surface area contributed by atoms with Crippen molar-refractivity contribution in [3.05, 3.63) is 28.8 Å². The van der Waals surface area contributed by atoms with Crippen LogP contribution in [0.3, 0.4) is 0 Å². The molecule has 0 unspecified atom stereocenters. The van der Waals surface area contributed by atoms with Crippen LogP contribution in [0.5, 0.6) is 5.75 Å². The Balaban J connectivity index is 3.24. The number of aryl methyl sites for hydroxylation is 2. The molecule has 0 spiro atoms. The number of halogens is 1. The predicted molar refractivity (Wildman–Crippen MR) is 55.3 cm³/mol. The van der Waals surface area contributed by atoms with E-state index < -0.39 is 0 Å². The molecule has 0 amide bonds. The molecule has 0 N–H and O–H groups in total. The third-order valence-electron chi connectivity index (χ3n) is 1.85. The fraction of sp³-hybridized carbons (Fsp3) is 0.333. The lowest BCUT2D eigenvalue weighted by molar-refractivity contribution is 0.706. The monoisotopic (exact) mass is 262 g/mol. The fourth-order valence-electron chi connectivity index (χ4n) is 1.08. The fourth-order valence-corrected chi connectivity index (χ4v) is 1.54. The van der Waals surface area contributed by atoms with Gasteiger partial charge >= 0.3 is 0 Å². The van der Waals surface area contributed by atoms with Gasteiger partial charge in [-0.15, -0.1) is 0 Å². The van der Waals surface area contributed by atoms with E-state index in [0.717, 1.165) is 5.75 Å². The zero-order valence-corrected chi connectivity index (χ0v) is 9.10. The summed E-state index contributed by atoms with van der Waals surface area (Å²) < 4.78 is 5.18. The van der Waals surface area contributed by atoms with E-state index in [-0.39, 0.29) is 0 Å². The molecule has 11 heavy (non-hydrogen) atoms. The quantitative estimate of drug-likeness (QED) is 0.705. The molecule has 1 aromatic carbocycles. The molecule has 0 saturated carbocycles. The maximum atomic E-state index is 5.18. The molecule has 0 aromatic heterocycles. The van der Waals surface area contributed by atoms with E-state index in [2.05, 4.69) is 32.9 Å². The second-order valence-electron chi connectivity index (χ2n) is 2.78. The van der Waals surface area contributed by atoms with Crippen molar-refractivity contribution in [1.82, 2.24) is 0 Å². The topological polar surface area (TPSA) is 9.23 Å². The van der Waals surface area contributed by atoms with Gasteiger partial charge in [-0.2, -0.15) is 0 Å². The molecule has 0 aliphatic carbocycles. The SMILES string of the molecule is Cc1cc(C)c(C)c(OI)c1. The lowest BCUT2D eigenvalue weighted by Crippen LogP contribution is -1.86. The van der Waals surface area contributed by atoms with Crippen molar-refractivity contribution in [3.8, 4) is 5.75 Å². The standard InChI is InChI=1S/C9H11IO/c1-6-4-7(2)8(3)9(5-6)11-10/h4-5H,1-3H3. The molecule has 0 aliphatic heterocycles. The Hall–Kier alpha value is -0.250. The predicted octanol–water partition coefficient (Wildman–Crippen LogP) is 3.34. The lowest BCUT2D eigenvalue weighted by Gasteiger charge is -2.06. The lowest BCUT2D eigenvalue weighted by atomic mass is 10.1. The normalized spacial score (nSPS) is 9.82. The van der Waals surface area contributed by atoms with E-state index in [0.29, 0.717) is 0 Å². The van der Waals surface area contributed by atoms with Gasteiger partial charge in [0.2, 0.25) is 0 Å². The highest BCUT2D eigenvalue weighted by molar-refractivity contribution is 14.1. The Morgan fingerprint density at radius 3 is 2.36 bits per heavy atom. The van der Waals surface area contributed by atoms with E-state index in [9.17, 15) is 0 Å². The number of hydrogen-bond acceptors (Lipinski definition) is 1. The van der Waals surface area contributed by atoms with E-state index in [1.54, 1.807) is 0 Å². The van der Waals surface area contributed by atoms with Crippen LogP contribution in [0.1, 0.15) is 16.7 Å². The molecule has 60 valence electrons. The van der Waals surface area contributed by atoms with Gasteiger partial charge in [-0.05, 0) is 43.5 Å². The third kappa shape index (κ3) is 1.86. The number of benzene rings is 1. The first kappa shape index (κ1) is 8.84. The summed E-state index contributed by atoms with van der Waals surface area (Å²) in [6.45, 7) is 6.25. The zero-order valence-electron chi connectivity index (χ0n) is 6.94. The van der Waals surface area contributed by atoms with Gasteiger partial charge in [0, 0.05) is 0 Å². The van der Waals surface area contributed by atoms with Crippen LogP contribution in [0, 0.1) is 20.8 Å². The van der Waals surface area contributed by atoms with E-state index >= 15 is 0 Å². The highest BCUT2D eigenvalue weighted by Gasteiger charge is 2.01. The Labute approximate surface area is 81.5 Å². The smallest absolute Gasteiger partial charge is 0.192 e. The van der Waals surface area contributed by atoms with Crippen LogP contribution in [0.4, 0.5) is 0 Å². The van der Waals surface area contributed by atoms with Crippen molar-refractivity contribution in [1.29, 1.82) is 0 Å². The first-order valence-electron chi connectivity index (χ1n) is 3.51. The molecular weight excluding hydrogens is 251 g/mol. The van der Waals surface area contributed by atoms with Gasteiger partial charge in [-0.1, -0.05) is 6.07 Å². The van der Waals surface area contributed by atoms with E-state index in [1.165, 1.54) is 16.7 Å². The van der Waals surface area contributed by atoms with Crippen LogP contribution < -0.4 is 3.07 Å². The summed E-state index contributed by atoms with van der Waals surface area (Å²) in [5.74, 6) is 0.975. The van der Waals surface area contributed by atoms with Gasteiger partial charge in [-0.3, -0.25) is 0 Å². The van der Waals surface area contributed by atoms with Crippen LogP contribution in [0.25, 0.3) is 0 Å². The minimum Gasteiger partial charge on any atom is -0.427 e. The summed E-state index contributed by atoms with van der Waals surface area (Å²) in [7, 11) is 0. The summed E-state index contributed by atoms with van der Waals surface area (Å²) in [6, 6.07) is 4.21. The summed E-state index contributed by atoms with van der Waals surface area (Å²) in [5.41, 5.74) is 3.77. The third-order valence-corrected chi connectivity index (χ3v) is 2.32. The molecule has 1 nitrogen and oxygen atoms in total. The average Bonchev–Trinajstić information content (AvgIpc) is 1.96. The minimum absolute atomic E-state index is 0.975. The second kappa shape index (κ2) is 3.43. The molecule has 2 heteroatoms. The molecule has 0 radical (unpaired) electrons. The van der Waals surface area contributed by atoms with E-state index in [4.69, 9.17) is 3.07 Å².